The minimum absolute atomic E-state index is 0.290. The number of rotatable bonds is 4. The zero-order valence-corrected chi connectivity index (χ0v) is 16.8. The fourth-order valence-electron chi connectivity index (χ4n) is 3.82. The predicted molar refractivity (Wildman–Crippen MR) is 118 cm³/mol. The Labute approximate surface area is 177 Å². The summed E-state index contributed by atoms with van der Waals surface area (Å²) in [7, 11) is 0. The van der Waals surface area contributed by atoms with Gasteiger partial charge in [0.1, 0.15) is 18.7 Å². The Balaban J connectivity index is 1.34. The van der Waals surface area contributed by atoms with Crippen molar-refractivity contribution in [2.75, 3.05) is 0 Å². The maximum absolute atomic E-state index is 5.99. The van der Waals surface area contributed by atoms with Gasteiger partial charge in [0.25, 0.3) is 0 Å². The molecule has 0 amide bonds. The highest BCUT2D eigenvalue weighted by Gasteiger charge is 2.15. The molecule has 0 saturated carbocycles. The number of hydrogen-bond acceptors (Lipinski definition) is 5. The monoisotopic (exact) mass is 406 g/mol. The van der Waals surface area contributed by atoms with Gasteiger partial charge < -0.3 is 4.74 Å². The summed E-state index contributed by atoms with van der Waals surface area (Å²) in [5.41, 5.74) is 3.58. The van der Waals surface area contributed by atoms with E-state index < -0.39 is 0 Å². The highest BCUT2D eigenvalue weighted by Crippen LogP contribution is 2.23. The maximum atomic E-state index is 5.99. The molecule has 0 aliphatic heterocycles. The van der Waals surface area contributed by atoms with E-state index >= 15 is 0 Å². The van der Waals surface area contributed by atoms with Gasteiger partial charge in [-0.2, -0.15) is 5.10 Å². The van der Waals surface area contributed by atoms with Gasteiger partial charge in [0.05, 0.1) is 17.3 Å². The van der Waals surface area contributed by atoms with Crippen molar-refractivity contribution in [1.82, 2.24) is 29.4 Å². The van der Waals surface area contributed by atoms with Crippen LogP contribution in [0.1, 0.15) is 11.4 Å². The van der Waals surface area contributed by atoms with Crippen molar-refractivity contribution in [3.8, 4) is 11.4 Å². The molecule has 0 radical (unpaired) electrons. The number of hydrogen-bond donors (Lipinski definition) is 0. The van der Waals surface area contributed by atoms with Crippen molar-refractivity contribution < 1.29 is 4.74 Å². The van der Waals surface area contributed by atoms with Crippen LogP contribution in [0.5, 0.6) is 5.75 Å². The van der Waals surface area contributed by atoms with Crippen molar-refractivity contribution >= 4 is 27.5 Å². The molecule has 3 aromatic heterocycles. The zero-order valence-electron chi connectivity index (χ0n) is 16.8. The van der Waals surface area contributed by atoms with Crippen LogP contribution in [-0.4, -0.2) is 29.4 Å². The Morgan fingerprint density at radius 2 is 1.77 bits per heavy atom. The van der Waals surface area contributed by atoms with Crippen LogP contribution in [-0.2, 0) is 6.61 Å². The summed E-state index contributed by atoms with van der Waals surface area (Å²) in [5.74, 6) is 1.47. The molecule has 0 bridgehead atoms. The number of benzene rings is 3. The summed E-state index contributed by atoms with van der Waals surface area (Å²) in [4.78, 5) is 4.63. The second-order valence-corrected chi connectivity index (χ2v) is 7.48. The minimum Gasteiger partial charge on any atom is -0.486 e. The minimum atomic E-state index is 0.290. The number of nitrogens with zero attached hydrogens (tertiary/aromatic N) is 6. The van der Waals surface area contributed by atoms with Crippen LogP contribution in [0.25, 0.3) is 33.1 Å². The highest BCUT2D eigenvalue weighted by atomic mass is 16.5. The van der Waals surface area contributed by atoms with Crippen molar-refractivity contribution in [1.29, 1.82) is 0 Å². The van der Waals surface area contributed by atoms with Crippen LogP contribution < -0.4 is 4.74 Å². The lowest BCUT2D eigenvalue weighted by molar-refractivity contribution is 0.295. The number of aryl methyl sites for hydroxylation is 1. The fourth-order valence-corrected chi connectivity index (χ4v) is 3.82. The molecule has 6 rings (SSSR count). The average Bonchev–Trinajstić information content (AvgIpc) is 3.41. The SMILES string of the molecule is Cc1cccc(-n2ncc3c2ncn2c(COc4ccc5ccccc5c4)nnc32)c1. The summed E-state index contributed by atoms with van der Waals surface area (Å²) in [5, 5.41) is 16.4. The van der Waals surface area contributed by atoms with Gasteiger partial charge in [-0.1, -0.05) is 42.5 Å². The molecule has 150 valence electrons. The van der Waals surface area contributed by atoms with Crippen molar-refractivity contribution in [3.05, 3.63) is 90.6 Å². The first-order chi connectivity index (χ1) is 15.3. The van der Waals surface area contributed by atoms with E-state index in [0.29, 0.717) is 18.1 Å². The van der Waals surface area contributed by atoms with Gasteiger partial charge in [0, 0.05) is 0 Å². The van der Waals surface area contributed by atoms with E-state index in [-0.39, 0.29) is 0 Å². The maximum Gasteiger partial charge on any atom is 0.176 e. The second-order valence-electron chi connectivity index (χ2n) is 7.48. The van der Waals surface area contributed by atoms with Crippen LogP contribution in [0, 0.1) is 6.92 Å². The number of aromatic nitrogens is 6. The van der Waals surface area contributed by atoms with Crippen molar-refractivity contribution in [2.24, 2.45) is 0 Å². The summed E-state index contributed by atoms with van der Waals surface area (Å²) < 4.78 is 9.67. The van der Waals surface area contributed by atoms with Crippen LogP contribution in [0.4, 0.5) is 0 Å². The second kappa shape index (κ2) is 6.91. The summed E-state index contributed by atoms with van der Waals surface area (Å²) in [6.07, 6.45) is 3.51. The first-order valence-electron chi connectivity index (χ1n) is 10.0. The zero-order chi connectivity index (χ0) is 20.8. The van der Waals surface area contributed by atoms with Gasteiger partial charge in [-0.3, -0.25) is 4.40 Å². The highest BCUT2D eigenvalue weighted by molar-refractivity contribution is 5.89. The Morgan fingerprint density at radius 1 is 0.871 bits per heavy atom. The standard InChI is InChI=1S/C24H18N6O/c1-16-5-4-8-19(11-16)30-23-21(13-26-30)24-28-27-22(29(24)15-25-23)14-31-20-10-9-17-6-2-3-7-18(17)12-20/h2-13,15H,14H2,1H3. The molecule has 31 heavy (non-hydrogen) atoms. The molecule has 0 spiro atoms. The third-order valence-electron chi connectivity index (χ3n) is 5.38. The lowest BCUT2D eigenvalue weighted by atomic mass is 10.1. The average molecular weight is 406 g/mol. The number of fused-ring (bicyclic) bond motifs is 4. The van der Waals surface area contributed by atoms with Gasteiger partial charge in [0.15, 0.2) is 17.1 Å². The van der Waals surface area contributed by atoms with E-state index in [0.717, 1.165) is 33.4 Å². The van der Waals surface area contributed by atoms with Crippen LogP contribution in [0.3, 0.4) is 0 Å². The molecular weight excluding hydrogens is 388 g/mol. The van der Waals surface area contributed by atoms with E-state index in [2.05, 4.69) is 57.5 Å². The van der Waals surface area contributed by atoms with E-state index in [4.69, 9.17) is 4.74 Å². The lowest BCUT2D eigenvalue weighted by Crippen LogP contribution is -2.03. The quantitative estimate of drug-likeness (QED) is 0.431. The Bertz CT molecular complexity index is 1570. The molecule has 0 saturated heterocycles. The van der Waals surface area contributed by atoms with E-state index in [1.54, 1.807) is 12.5 Å². The number of ether oxygens (including phenoxy) is 1. The normalized spacial score (nSPS) is 11.5. The molecule has 6 aromatic rings. The Morgan fingerprint density at radius 3 is 2.68 bits per heavy atom. The van der Waals surface area contributed by atoms with Crippen molar-refractivity contribution in [2.45, 2.75) is 13.5 Å². The smallest absolute Gasteiger partial charge is 0.176 e. The van der Waals surface area contributed by atoms with Crippen LogP contribution in [0.15, 0.2) is 79.3 Å². The molecule has 3 heterocycles. The topological polar surface area (TPSA) is 70.1 Å². The lowest BCUT2D eigenvalue weighted by Gasteiger charge is -2.07. The van der Waals surface area contributed by atoms with E-state index in [1.807, 2.05) is 45.5 Å². The summed E-state index contributed by atoms with van der Waals surface area (Å²) >= 11 is 0. The molecule has 0 aliphatic carbocycles. The molecule has 0 fully saturated rings. The molecule has 7 nitrogen and oxygen atoms in total. The van der Waals surface area contributed by atoms with Gasteiger partial charge in [-0.25, -0.2) is 9.67 Å². The first kappa shape index (κ1) is 17.6. The molecule has 0 aliphatic rings. The van der Waals surface area contributed by atoms with Crippen LogP contribution in [0.2, 0.25) is 0 Å². The third kappa shape index (κ3) is 2.98. The first-order valence-corrected chi connectivity index (χ1v) is 10.0. The van der Waals surface area contributed by atoms with Crippen molar-refractivity contribution in [3.63, 3.8) is 0 Å². The summed E-state index contributed by atoms with van der Waals surface area (Å²) in [6, 6.07) is 22.4. The molecule has 7 heteroatoms. The molecule has 0 unspecified atom stereocenters. The third-order valence-corrected chi connectivity index (χ3v) is 5.38. The van der Waals surface area contributed by atoms with Gasteiger partial charge >= 0.3 is 0 Å². The Kier molecular flexibility index (Phi) is 3.92. The molecule has 0 N–H and O–H groups in total. The van der Waals surface area contributed by atoms with E-state index in [1.165, 1.54) is 5.39 Å². The molecule has 3 aromatic carbocycles. The predicted octanol–water partition coefficient (Wildman–Crippen LogP) is 4.50. The van der Waals surface area contributed by atoms with Gasteiger partial charge in [0.2, 0.25) is 0 Å². The van der Waals surface area contributed by atoms with Gasteiger partial charge in [-0.15, -0.1) is 10.2 Å². The Hall–Kier alpha value is -4.26. The van der Waals surface area contributed by atoms with E-state index in [9.17, 15) is 0 Å². The molecule has 0 atom stereocenters. The fraction of sp³-hybridized carbons (Fsp3) is 0.0833. The van der Waals surface area contributed by atoms with Crippen LogP contribution >= 0.6 is 0 Å². The molecular formula is C24H18N6O. The summed E-state index contributed by atoms with van der Waals surface area (Å²) in [6.45, 7) is 2.35. The van der Waals surface area contributed by atoms with Gasteiger partial charge in [-0.05, 0) is 47.5 Å². The largest absolute Gasteiger partial charge is 0.486 e.